The summed E-state index contributed by atoms with van der Waals surface area (Å²) in [5.41, 5.74) is 3.43. The van der Waals surface area contributed by atoms with Crippen LogP contribution in [0.4, 0.5) is 0 Å². The minimum Gasteiger partial charge on any atom is -0.304 e. The quantitative estimate of drug-likeness (QED) is 0.841. The summed E-state index contributed by atoms with van der Waals surface area (Å²) in [5.74, 6) is 0. The van der Waals surface area contributed by atoms with Gasteiger partial charge in [0, 0.05) is 12.7 Å². The van der Waals surface area contributed by atoms with Crippen LogP contribution in [-0.4, -0.2) is 26.5 Å². The second-order valence-corrected chi connectivity index (χ2v) is 4.77. The highest BCUT2D eigenvalue weighted by molar-refractivity contribution is 5.28. The molecule has 0 aliphatic carbocycles. The van der Waals surface area contributed by atoms with Crippen LogP contribution in [0.5, 0.6) is 0 Å². The minimum absolute atomic E-state index is 0.0534. The van der Waals surface area contributed by atoms with Crippen LogP contribution in [-0.2, 0) is 13.0 Å². The fourth-order valence-corrected chi connectivity index (χ4v) is 2.43. The Balaban J connectivity index is 2.42. The molecule has 2 rings (SSSR count). The van der Waals surface area contributed by atoms with Gasteiger partial charge in [0.05, 0.1) is 23.6 Å². The van der Waals surface area contributed by atoms with Crippen molar-refractivity contribution in [2.75, 3.05) is 6.54 Å². The third kappa shape index (κ3) is 3.04. The topological polar surface area (TPSA) is 55.6 Å². The van der Waals surface area contributed by atoms with E-state index in [9.17, 15) is 0 Å². The summed E-state index contributed by atoms with van der Waals surface area (Å²) in [7, 11) is 0. The molecule has 0 saturated heterocycles. The van der Waals surface area contributed by atoms with E-state index in [1.54, 1.807) is 0 Å². The molecular weight excluding hydrogens is 250 g/mol. The molecule has 0 radical (unpaired) electrons. The van der Waals surface area contributed by atoms with Crippen LogP contribution in [0.2, 0.25) is 0 Å². The SMILES string of the molecule is CCCn1nncc1C(NCC)c1ncccc1CC. The molecule has 0 aromatic carbocycles. The Labute approximate surface area is 120 Å². The molecule has 0 saturated carbocycles. The van der Waals surface area contributed by atoms with E-state index in [2.05, 4.69) is 47.5 Å². The monoisotopic (exact) mass is 273 g/mol. The maximum absolute atomic E-state index is 4.59. The standard InChI is InChI=1S/C15H23N5/c1-4-10-20-13(11-18-19-20)15(16-6-3)14-12(5-2)8-7-9-17-14/h7-9,11,15-16H,4-6,10H2,1-3H3. The lowest BCUT2D eigenvalue weighted by molar-refractivity contribution is 0.504. The third-order valence-electron chi connectivity index (χ3n) is 3.37. The number of hydrogen-bond acceptors (Lipinski definition) is 4. The predicted octanol–water partition coefficient (Wildman–Crippen LogP) is 2.34. The Bertz CT molecular complexity index is 535. The lowest BCUT2D eigenvalue weighted by Crippen LogP contribution is -2.26. The fraction of sp³-hybridized carbons (Fsp3) is 0.533. The lowest BCUT2D eigenvalue weighted by Gasteiger charge is -2.20. The van der Waals surface area contributed by atoms with Crippen molar-refractivity contribution in [1.82, 2.24) is 25.3 Å². The number of pyridine rings is 1. The van der Waals surface area contributed by atoms with Crippen molar-refractivity contribution >= 4 is 0 Å². The number of nitrogens with one attached hydrogen (secondary N) is 1. The zero-order valence-corrected chi connectivity index (χ0v) is 12.5. The van der Waals surface area contributed by atoms with E-state index in [1.165, 1.54) is 5.56 Å². The molecule has 0 spiro atoms. The van der Waals surface area contributed by atoms with Crippen molar-refractivity contribution in [3.63, 3.8) is 0 Å². The molecule has 0 aliphatic heterocycles. The average molecular weight is 273 g/mol. The molecule has 0 fully saturated rings. The summed E-state index contributed by atoms with van der Waals surface area (Å²) in [6.07, 6.45) is 5.71. The van der Waals surface area contributed by atoms with Crippen LogP contribution in [0.3, 0.4) is 0 Å². The van der Waals surface area contributed by atoms with Gasteiger partial charge < -0.3 is 5.32 Å². The first-order valence-corrected chi connectivity index (χ1v) is 7.37. The molecule has 0 aliphatic rings. The Kier molecular flexibility index (Phi) is 5.24. The maximum Gasteiger partial charge on any atom is 0.0941 e. The van der Waals surface area contributed by atoms with Gasteiger partial charge in [0.2, 0.25) is 0 Å². The average Bonchev–Trinajstić information content (AvgIpc) is 2.93. The van der Waals surface area contributed by atoms with Gasteiger partial charge in [-0.05, 0) is 31.0 Å². The number of aryl methyl sites for hydroxylation is 2. The summed E-state index contributed by atoms with van der Waals surface area (Å²) in [4.78, 5) is 4.59. The highest BCUT2D eigenvalue weighted by Gasteiger charge is 2.21. The largest absolute Gasteiger partial charge is 0.304 e. The number of aromatic nitrogens is 4. The molecule has 1 atom stereocenters. The molecule has 1 unspecified atom stereocenters. The van der Waals surface area contributed by atoms with Gasteiger partial charge >= 0.3 is 0 Å². The highest BCUT2D eigenvalue weighted by atomic mass is 15.4. The third-order valence-corrected chi connectivity index (χ3v) is 3.37. The van der Waals surface area contributed by atoms with Crippen LogP contribution in [0.15, 0.2) is 24.5 Å². The van der Waals surface area contributed by atoms with E-state index in [1.807, 2.05) is 23.1 Å². The molecule has 5 heteroatoms. The lowest BCUT2D eigenvalue weighted by atomic mass is 10.0. The van der Waals surface area contributed by atoms with Gasteiger partial charge in [-0.3, -0.25) is 4.98 Å². The number of rotatable bonds is 7. The zero-order chi connectivity index (χ0) is 14.4. The minimum atomic E-state index is 0.0534. The van der Waals surface area contributed by atoms with Gasteiger partial charge in [0.1, 0.15) is 0 Å². The summed E-state index contributed by atoms with van der Waals surface area (Å²) in [6.45, 7) is 8.17. The summed E-state index contributed by atoms with van der Waals surface area (Å²) in [6, 6.07) is 4.19. The van der Waals surface area contributed by atoms with Crippen molar-refractivity contribution in [3.05, 3.63) is 41.5 Å². The van der Waals surface area contributed by atoms with Gasteiger partial charge in [-0.2, -0.15) is 0 Å². The summed E-state index contributed by atoms with van der Waals surface area (Å²) < 4.78 is 1.97. The van der Waals surface area contributed by atoms with Gasteiger partial charge in [-0.1, -0.05) is 32.1 Å². The molecule has 2 aromatic rings. The second kappa shape index (κ2) is 7.14. The van der Waals surface area contributed by atoms with Crippen molar-refractivity contribution < 1.29 is 0 Å². The highest BCUT2D eigenvalue weighted by Crippen LogP contribution is 2.23. The molecule has 0 amide bonds. The smallest absolute Gasteiger partial charge is 0.0941 e. The molecule has 5 nitrogen and oxygen atoms in total. The Morgan fingerprint density at radius 1 is 1.30 bits per heavy atom. The maximum atomic E-state index is 4.59. The molecule has 20 heavy (non-hydrogen) atoms. The van der Waals surface area contributed by atoms with E-state index in [0.717, 1.165) is 37.3 Å². The molecule has 108 valence electrons. The number of hydrogen-bond donors (Lipinski definition) is 1. The van der Waals surface area contributed by atoms with Crippen LogP contribution in [0, 0.1) is 0 Å². The van der Waals surface area contributed by atoms with Crippen LogP contribution < -0.4 is 5.32 Å². The van der Waals surface area contributed by atoms with Crippen LogP contribution in [0.25, 0.3) is 0 Å². The zero-order valence-electron chi connectivity index (χ0n) is 12.5. The first kappa shape index (κ1) is 14.7. The Hall–Kier alpha value is -1.75. The Morgan fingerprint density at radius 3 is 2.85 bits per heavy atom. The van der Waals surface area contributed by atoms with Crippen molar-refractivity contribution in [2.45, 2.75) is 46.2 Å². The van der Waals surface area contributed by atoms with Gasteiger partial charge in [-0.15, -0.1) is 5.10 Å². The molecule has 1 N–H and O–H groups in total. The van der Waals surface area contributed by atoms with Gasteiger partial charge in [0.25, 0.3) is 0 Å². The van der Waals surface area contributed by atoms with Crippen molar-refractivity contribution in [3.8, 4) is 0 Å². The second-order valence-electron chi connectivity index (χ2n) is 4.77. The van der Waals surface area contributed by atoms with Crippen molar-refractivity contribution in [1.29, 1.82) is 0 Å². The van der Waals surface area contributed by atoms with E-state index in [-0.39, 0.29) is 6.04 Å². The summed E-state index contributed by atoms with van der Waals surface area (Å²) in [5, 5.41) is 11.8. The first-order chi connectivity index (χ1) is 9.81. The fourth-order valence-electron chi connectivity index (χ4n) is 2.43. The summed E-state index contributed by atoms with van der Waals surface area (Å²) >= 11 is 0. The van der Waals surface area contributed by atoms with E-state index in [0.29, 0.717) is 0 Å². The van der Waals surface area contributed by atoms with E-state index >= 15 is 0 Å². The van der Waals surface area contributed by atoms with Crippen LogP contribution >= 0.6 is 0 Å². The molecule has 0 bridgehead atoms. The van der Waals surface area contributed by atoms with Gasteiger partial charge in [0.15, 0.2) is 0 Å². The first-order valence-electron chi connectivity index (χ1n) is 7.37. The molecule has 2 aromatic heterocycles. The predicted molar refractivity (Wildman–Crippen MR) is 79.4 cm³/mol. The van der Waals surface area contributed by atoms with Gasteiger partial charge in [-0.25, -0.2) is 4.68 Å². The molecular formula is C15H23N5. The normalized spacial score (nSPS) is 12.6. The van der Waals surface area contributed by atoms with Crippen molar-refractivity contribution in [2.24, 2.45) is 0 Å². The van der Waals surface area contributed by atoms with Crippen LogP contribution in [0.1, 0.15) is 50.2 Å². The van der Waals surface area contributed by atoms with E-state index in [4.69, 9.17) is 0 Å². The Morgan fingerprint density at radius 2 is 2.15 bits per heavy atom. The number of nitrogens with zero attached hydrogens (tertiary/aromatic N) is 4. The van der Waals surface area contributed by atoms with E-state index < -0.39 is 0 Å². The molecule has 2 heterocycles.